The molecule has 0 atom stereocenters. The molecule has 1 aromatic heterocycles. The fourth-order valence-corrected chi connectivity index (χ4v) is 4.06. The van der Waals surface area contributed by atoms with Crippen LogP contribution in [0.15, 0.2) is 28.6 Å². The van der Waals surface area contributed by atoms with E-state index >= 15 is 0 Å². The van der Waals surface area contributed by atoms with E-state index in [1.165, 1.54) is 12.1 Å². The van der Waals surface area contributed by atoms with Crippen LogP contribution >= 0.6 is 11.3 Å². The van der Waals surface area contributed by atoms with Gasteiger partial charge in [-0.3, -0.25) is 14.3 Å². The van der Waals surface area contributed by atoms with Crippen LogP contribution in [0.25, 0.3) is 0 Å². The second kappa shape index (κ2) is 9.31. The molecule has 0 saturated heterocycles. The second-order valence-corrected chi connectivity index (χ2v) is 10.2. The van der Waals surface area contributed by atoms with E-state index < -0.39 is 15.4 Å². The van der Waals surface area contributed by atoms with Crippen molar-refractivity contribution in [2.45, 2.75) is 44.9 Å². The van der Waals surface area contributed by atoms with Gasteiger partial charge < -0.3 is 10.6 Å². The average Bonchev–Trinajstić information content (AvgIpc) is 3.11. The highest BCUT2D eigenvalue weighted by molar-refractivity contribution is 7.94. The number of hydrogen-bond acceptors (Lipinski definition) is 7. The van der Waals surface area contributed by atoms with Gasteiger partial charge in [0.05, 0.1) is 11.3 Å². The van der Waals surface area contributed by atoms with Gasteiger partial charge in [0.1, 0.15) is 0 Å². The maximum atomic E-state index is 12.7. The zero-order valence-corrected chi connectivity index (χ0v) is 18.4. The monoisotopic (exact) mass is 439 g/mol. The van der Waals surface area contributed by atoms with Crippen LogP contribution in [0.2, 0.25) is 0 Å². The van der Waals surface area contributed by atoms with E-state index in [2.05, 4.69) is 25.6 Å². The highest BCUT2D eigenvalue weighted by atomic mass is 32.2. The van der Waals surface area contributed by atoms with Crippen LogP contribution in [-0.2, 0) is 14.8 Å². The summed E-state index contributed by atoms with van der Waals surface area (Å²) in [5, 5.41) is 12.8. The largest absolute Gasteiger partial charge is 0.352 e. The third kappa shape index (κ3) is 6.23. The summed E-state index contributed by atoms with van der Waals surface area (Å²) in [6, 6.07) is 6.30. The second-order valence-electron chi connectivity index (χ2n) is 7.34. The number of aromatic nitrogens is 2. The number of rotatable bonds is 8. The van der Waals surface area contributed by atoms with Gasteiger partial charge in [0, 0.05) is 12.0 Å². The normalized spacial score (nSPS) is 11.7. The molecule has 0 radical (unpaired) electrons. The first kappa shape index (κ1) is 22.8. The fraction of sp³-hybridized carbons (Fsp3) is 0.444. The van der Waals surface area contributed by atoms with Crippen molar-refractivity contribution < 1.29 is 18.0 Å². The van der Waals surface area contributed by atoms with Gasteiger partial charge in [-0.1, -0.05) is 57.6 Å². The standard InChI is InChI=1S/C18H25N5O4S2/c1-5-6-11-19-14(24)12-9-7-8-10-13(12)23-29(26,27)17-22-21-16(28-17)20-15(25)18(2,3)4/h7-10,23H,5-6,11H2,1-4H3,(H,19,24)(H,20,21,25). The minimum Gasteiger partial charge on any atom is -0.352 e. The average molecular weight is 440 g/mol. The van der Waals surface area contributed by atoms with Crippen molar-refractivity contribution in [1.82, 2.24) is 15.5 Å². The molecule has 2 aromatic rings. The maximum Gasteiger partial charge on any atom is 0.291 e. The number of nitrogens with zero attached hydrogens (tertiary/aromatic N) is 2. The molecule has 0 aliphatic heterocycles. The summed E-state index contributed by atoms with van der Waals surface area (Å²) in [6.45, 7) is 7.69. The zero-order chi connectivity index (χ0) is 21.7. The minimum atomic E-state index is -4.08. The summed E-state index contributed by atoms with van der Waals surface area (Å²) >= 11 is 0.729. The van der Waals surface area contributed by atoms with Gasteiger partial charge in [0.15, 0.2) is 0 Å². The Bertz CT molecular complexity index is 980. The molecule has 0 aliphatic rings. The lowest BCUT2D eigenvalue weighted by Crippen LogP contribution is -2.27. The summed E-state index contributed by atoms with van der Waals surface area (Å²) < 4.78 is 27.4. The molecule has 0 spiro atoms. The number of amides is 2. The fourth-order valence-electron chi connectivity index (χ4n) is 2.09. The lowest BCUT2D eigenvalue weighted by molar-refractivity contribution is -0.123. The molecular weight excluding hydrogens is 414 g/mol. The SMILES string of the molecule is CCCCNC(=O)c1ccccc1NS(=O)(=O)c1nnc(NC(=O)C(C)(C)C)s1. The topological polar surface area (TPSA) is 130 Å². The predicted molar refractivity (Wildman–Crippen MR) is 112 cm³/mol. The van der Waals surface area contributed by atoms with Gasteiger partial charge in [-0.15, -0.1) is 10.2 Å². The number of sulfonamides is 1. The predicted octanol–water partition coefficient (Wildman–Crippen LogP) is 2.85. The van der Waals surface area contributed by atoms with E-state index in [4.69, 9.17) is 0 Å². The Kier molecular flexibility index (Phi) is 7.31. The molecule has 1 heterocycles. The highest BCUT2D eigenvalue weighted by Gasteiger charge is 2.26. The molecule has 0 fully saturated rings. The van der Waals surface area contributed by atoms with Gasteiger partial charge in [-0.25, -0.2) is 0 Å². The van der Waals surface area contributed by atoms with Crippen molar-refractivity contribution in [1.29, 1.82) is 0 Å². The number of benzene rings is 1. The molecule has 3 N–H and O–H groups in total. The lowest BCUT2D eigenvalue weighted by atomic mass is 9.96. The summed E-state index contributed by atoms with van der Waals surface area (Å²) in [5.74, 6) is -0.674. The van der Waals surface area contributed by atoms with Crippen LogP contribution in [0.5, 0.6) is 0 Å². The quantitative estimate of drug-likeness (QED) is 0.428. The Morgan fingerprint density at radius 1 is 1.14 bits per heavy atom. The van der Waals surface area contributed by atoms with Gasteiger partial charge in [0.2, 0.25) is 11.0 Å². The van der Waals surface area contributed by atoms with Crippen molar-refractivity contribution in [2.75, 3.05) is 16.6 Å². The highest BCUT2D eigenvalue weighted by Crippen LogP contribution is 2.25. The Balaban J connectivity index is 2.18. The van der Waals surface area contributed by atoms with Crippen molar-refractivity contribution in [2.24, 2.45) is 5.41 Å². The number of unbranched alkanes of at least 4 members (excludes halogenated alkanes) is 1. The minimum absolute atomic E-state index is 0.0795. The molecule has 158 valence electrons. The molecule has 0 bridgehead atoms. The van der Waals surface area contributed by atoms with Gasteiger partial charge in [0.25, 0.3) is 20.3 Å². The van der Waals surface area contributed by atoms with Crippen LogP contribution in [0.3, 0.4) is 0 Å². The summed E-state index contributed by atoms with van der Waals surface area (Å²) in [4.78, 5) is 24.4. The smallest absolute Gasteiger partial charge is 0.291 e. The third-order valence-electron chi connectivity index (χ3n) is 3.77. The van der Waals surface area contributed by atoms with E-state index in [1.54, 1.807) is 32.9 Å². The number of anilines is 2. The van der Waals surface area contributed by atoms with Gasteiger partial charge >= 0.3 is 0 Å². The van der Waals surface area contributed by atoms with Crippen molar-refractivity contribution in [3.63, 3.8) is 0 Å². The van der Waals surface area contributed by atoms with E-state index in [9.17, 15) is 18.0 Å². The first-order valence-corrected chi connectivity index (χ1v) is 11.4. The number of carbonyl (C=O) groups excluding carboxylic acids is 2. The van der Waals surface area contributed by atoms with Gasteiger partial charge in [-0.2, -0.15) is 8.42 Å². The lowest BCUT2D eigenvalue weighted by Gasteiger charge is -2.15. The summed E-state index contributed by atoms with van der Waals surface area (Å²) in [5.41, 5.74) is -0.317. The number of carbonyl (C=O) groups is 2. The molecule has 1 aromatic carbocycles. The molecule has 0 saturated carbocycles. The molecule has 2 rings (SSSR count). The van der Waals surface area contributed by atoms with Crippen molar-refractivity contribution >= 4 is 44.0 Å². The van der Waals surface area contributed by atoms with Crippen LogP contribution in [0.4, 0.5) is 10.8 Å². The molecule has 2 amide bonds. The van der Waals surface area contributed by atoms with E-state index in [0.717, 1.165) is 24.2 Å². The molecule has 0 unspecified atom stereocenters. The molecule has 9 nitrogen and oxygen atoms in total. The van der Waals surface area contributed by atoms with Crippen LogP contribution in [0, 0.1) is 5.41 Å². The molecule has 11 heteroatoms. The van der Waals surface area contributed by atoms with E-state index in [0.29, 0.717) is 6.54 Å². The molecule has 0 aliphatic carbocycles. The maximum absolute atomic E-state index is 12.7. The first-order chi connectivity index (χ1) is 13.5. The molecular formula is C18H25N5O4S2. The Hall–Kier alpha value is -2.53. The van der Waals surface area contributed by atoms with Gasteiger partial charge in [-0.05, 0) is 18.6 Å². The van der Waals surface area contributed by atoms with E-state index in [-0.39, 0.29) is 32.5 Å². The van der Waals surface area contributed by atoms with Crippen LogP contribution in [-0.4, -0.2) is 37.0 Å². The zero-order valence-electron chi connectivity index (χ0n) is 16.8. The number of para-hydroxylation sites is 1. The number of hydrogen-bond donors (Lipinski definition) is 3. The first-order valence-electron chi connectivity index (χ1n) is 9.09. The van der Waals surface area contributed by atoms with Crippen LogP contribution in [0.1, 0.15) is 50.9 Å². The van der Waals surface area contributed by atoms with E-state index in [1.807, 2.05) is 6.92 Å². The van der Waals surface area contributed by atoms with Crippen LogP contribution < -0.4 is 15.4 Å². The van der Waals surface area contributed by atoms with Crippen molar-refractivity contribution in [3.8, 4) is 0 Å². The summed E-state index contributed by atoms with van der Waals surface area (Å²) in [7, 11) is -4.08. The van der Waals surface area contributed by atoms with Crippen molar-refractivity contribution in [3.05, 3.63) is 29.8 Å². The number of nitrogens with one attached hydrogen (secondary N) is 3. The Morgan fingerprint density at radius 2 is 1.83 bits per heavy atom. The molecule has 29 heavy (non-hydrogen) atoms. The third-order valence-corrected chi connectivity index (χ3v) is 6.34. The Morgan fingerprint density at radius 3 is 2.48 bits per heavy atom. The Labute approximate surface area is 174 Å². The summed E-state index contributed by atoms with van der Waals surface area (Å²) in [6.07, 6.45) is 1.76.